The largest absolute Gasteiger partial charge is 0.744 e. The van der Waals surface area contributed by atoms with Gasteiger partial charge >= 0.3 is 84.8 Å². The number of hydrogen-bond acceptors (Lipinski definition) is 22. The number of carbonyl (C=O) groups excluding carboxylic acids is 2. The van der Waals surface area contributed by atoms with Crippen LogP contribution in [0, 0.1) is 28.6 Å². The molecule has 0 saturated carbocycles. The van der Waals surface area contributed by atoms with Gasteiger partial charge in [-0.05, 0) is 195 Å². The van der Waals surface area contributed by atoms with Crippen LogP contribution in [0.15, 0.2) is 456 Å². The maximum Gasteiger partial charge on any atom is 0.357 e. The third-order valence-corrected chi connectivity index (χ3v) is 33.4. The normalized spacial score (nSPS) is 11.0. The summed E-state index contributed by atoms with van der Waals surface area (Å²) in [5.74, 6) is 2.73. The van der Waals surface area contributed by atoms with E-state index in [9.17, 15) is 38.3 Å². The van der Waals surface area contributed by atoms with E-state index in [-0.39, 0.29) is 101 Å². The number of benzene rings is 19. The van der Waals surface area contributed by atoms with E-state index >= 15 is 0 Å². The van der Waals surface area contributed by atoms with Crippen LogP contribution in [0.2, 0.25) is 0 Å². The summed E-state index contributed by atoms with van der Waals surface area (Å²) < 4.78 is 82.3. The molecule has 0 amide bonds. The van der Waals surface area contributed by atoms with Crippen molar-refractivity contribution in [1.82, 2.24) is 0 Å². The van der Waals surface area contributed by atoms with Crippen molar-refractivity contribution in [3.63, 3.8) is 0 Å². The number of carbonyl (C=O) groups is 2. The molecule has 0 saturated heterocycles. The molecule has 1 aliphatic carbocycles. The van der Waals surface area contributed by atoms with Crippen molar-refractivity contribution in [3.05, 3.63) is 488 Å². The third-order valence-electron chi connectivity index (χ3n) is 20.1. The summed E-state index contributed by atoms with van der Waals surface area (Å²) >= 11 is 2.49. The Hall–Kier alpha value is -11.7. The summed E-state index contributed by atoms with van der Waals surface area (Å²) in [4.78, 5) is 26.4. The average Bonchev–Trinajstić information content (AvgIpc) is 0.757. The summed E-state index contributed by atoms with van der Waals surface area (Å²) in [5, 5.41) is 51.8. The average molecular weight is 2370 g/mol. The van der Waals surface area contributed by atoms with E-state index in [1.54, 1.807) is 74.9 Å². The second-order valence-corrected chi connectivity index (χ2v) is 44.8. The van der Waals surface area contributed by atoms with Gasteiger partial charge in [0.25, 0.3) is 0 Å². The molecule has 0 aromatic heterocycles. The minimum atomic E-state index is -4.53. The maximum atomic E-state index is 12.4. The van der Waals surface area contributed by atoms with Crippen molar-refractivity contribution in [2.75, 3.05) is 32.8 Å². The van der Waals surface area contributed by atoms with Crippen molar-refractivity contribution < 1.29 is 170 Å². The van der Waals surface area contributed by atoms with E-state index < -0.39 is 10.1 Å². The Morgan fingerprint density at radius 2 is 0.561 bits per heavy atom. The molecule has 0 aliphatic heterocycles. The topological polar surface area (TPSA) is 265 Å². The molecule has 0 fully saturated rings. The lowest BCUT2D eigenvalue weighted by Gasteiger charge is -2.17. The molecule has 0 unspecified atom stereocenters. The summed E-state index contributed by atoms with van der Waals surface area (Å²) in [7, 11) is -1.26. The molecule has 0 radical (unpaired) electrons. The number of hydrogen-bond donors (Lipinski definition) is 1. The minimum absolute atomic E-state index is 0.0287. The van der Waals surface area contributed by atoms with Crippen molar-refractivity contribution in [2.45, 2.75) is 33.4 Å². The van der Waals surface area contributed by atoms with Gasteiger partial charge in [-0.3, -0.25) is 24.7 Å². The standard InChI is InChI=1S/C18H18O5S.C16H13NO3S.C16H14O5S.C14H8O5S.4C12H10I/c1-3-20-17-13-7-5-6-8-14(13)18(21-4-2)16-11-12(24-23-22-19)9-10-15(16)17;18-21(19,20)15-11-5-7-12-6-4-10-14(16(12)15)17-13-8-2-1-3-9-13;1-18-15-11-5-3-4-6-12(11)16(19-2)14-9-10(22-21-20-17)7-8-13(14)15;15-13-9-3-1-2-4-10(9)14(16)12-7-8(20-19-18-17)5-6-11(12)13;4*1-3-7-11(8-4-1)13-12-9-5-2-6-10-12/h5-11,19H,3-4H2,1-2H3;1-11,17H,(H,18,19,20);3-9,17H,1-2H3;1-7,17H;4*1-10H/q;;;;4*+1/p-4. The Labute approximate surface area is 861 Å². The molecule has 139 heavy (non-hydrogen) atoms. The number of anilines is 2. The molecular weight excluding hydrogens is 2280 g/mol. The molecule has 1 aliphatic rings. The first-order valence-electron chi connectivity index (χ1n) is 43.0. The third kappa shape index (κ3) is 30.7. The zero-order valence-electron chi connectivity index (χ0n) is 75.0. The smallest absolute Gasteiger partial charge is 0.357 e. The zero-order valence-corrected chi connectivity index (χ0v) is 86.9. The quantitative estimate of drug-likeness (QED) is 0.0132. The molecule has 19 nitrogen and oxygen atoms in total. The molecule has 20 rings (SSSR count). The lowest BCUT2D eigenvalue weighted by atomic mass is 9.84. The molecule has 0 bridgehead atoms. The molecule has 0 heterocycles. The van der Waals surface area contributed by atoms with Crippen molar-refractivity contribution in [3.8, 4) is 23.0 Å². The molecule has 27 heteroatoms. The van der Waals surface area contributed by atoms with Gasteiger partial charge in [0.1, 0.15) is 33.1 Å². The van der Waals surface area contributed by atoms with Crippen molar-refractivity contribution in [2.24, 2.45) is 0 Å². The van der Waals surface area contributed by atoms with Gasteiger partial charge in [0.2, 0.25) is 0 Å². The SMILES string of the molecule is CCOc1c2ccccc2c(OCC)c2cc(SOO[O-])ccc12.COc1c2ccccc2c(OC)c2cc(SOO[O-])ccc12.O=C1c2ccccc2C(=O)c2cc(SOO[O-])ccc21.O=S(=O)([O-])c1cccc2cccc(Nc3ccccc3)c12.c1ccc([I+]c2ccccc2)cc1.c1ccc([I+]c2ccccc2)cc1.c1ccc([I+]c2ccccc2)cc1.c1ccc([I+]c2ccccc2)cc1. The molecular formula is C112H89I4NO18S4. The monoisotopic (exact) mass is 2370 g/mol. The van der Waals surface area contributed by atoms with Gasteiger partial charge in [-0.15, -0.1) is 0 Å². The van der Waals surface area contributed by atoms with Crippen LogP contribution in [0.4, 0.5) is 11.4 Å². The van der Waals surface area contributed by atoms with Gasteiger partial charge in [0.15, 0.2) is 40.1 Å². The first kappa shape index (κ1) is 105. The lowest BCUT2D eigenvalue weighted by molar-refractivity contribution is -0.777. The molecule has 702 valence electrons. The molecule has 19 aromatic rings. The summed E-state index contributed by atoms with van der Waals surface area (Å²) in [6.45, 7) is 5.02. The van der Waals surface area contributed by atoms with Crippen LogP contribution in [0.25, 0.3) is 53.9 Å². The number of methoxy groups -OCH3 is 2. The first-order valence-corrected chi connectivity index (χ1v) is 55.3. The Balaban J connectivity index is 0.000000135. The minimum Gasteiger partial charge on any atom is -0.744 e. The van der Waals surface area contributed by atoms with E-state index in [0.29, 0.717) is 68.9 Å². The second kappa shape index (κ2) is 56.0. The van der Waals surface area contributed by atoms with Gasteiger partial charge in [-0.25, -0.2) is 8.42 Å². The van der Waals surface area contributed by atoms with E-state index in [2.05, 4.69) is 276 Å². The van der Waals surface area contributed by atoms with Crippen molar-refractivity contribution >= 4 is 123 Å². The molecule has 1 N–H and O–H groups in total. The fraction of sp³-hybridized carbons (Fsp3) is 0.0536. The Morgan fingerprint density at radius 3 is 0.906 bits per heavy atom. The van der Waals surface area contributed by atoms with E-state index in [1.807, 2.05) is 135 Å². The van der Waals surface area contributed by atoms with Crippen LogP contribution in [0.3, 0.4) is 0 Å². The number of nitrogens with one attached hydrogen (secondary N) is 1. The van der Waals surface area contributed by atoms with E-state index in [1.165, 1.54) is 40.7 Å². The fourth-order valence-electron chi connectivity index (χ4n) is 14.2. The zero-order chi connectivity index (χ0) is 97.2. The maximum absolute atomic E-state index is 12.4. The van der Waals surface area contributed by atoms with Crippen LogP contribution in [-0.4, -0.2) is 52.0 Å². The Morgan fingerprint density at radius 1 is 0.288 bits per heavy atom. The predicted octanol–water partition coefficient (Wildman–Crippen LogP) is 11.7. The highest BCUT2D eigenvalue weighted by atomic mass is 127. The van der Waals surface area contributed by atoms with E-state index in [0.717, 1.165) is 106 Å². The highest BCUT2D eigenvalue weighted by molar-refractivity contribution is 7.95. The van der Waals surface area contributed by atoms with Crippen LogP contribution < -0.4 is 125 Å². The highest BCUT2D eigenvalue weighted by Crippen LogP contribution is 2.46. The number of rotatable bonds is 26. The molecule has 19 aromatic carbocycles. The Bertz CT molecular complexity index is 6790. The number of halogens is 4. The lowest BCUT2D eigenvalue weighted by Crippen LogP contribution is -3.61. The van der Waals surface area contributed by atoms with Crippen molar-refractivity contribution in [1.29, 1.82) is 0 Å². The number of fused-ring (bicyclic) bond motifs is 7. The summed E-state index contributed by atoms with van der Waals surface area (Å²) in [6, 6.07) is 144. The van der Waals surface area contributed by atoms with Crippen LogP contribution in [0.1, 0.15) is 45.7 Å². The summed E-state index contributed by atoms with van der Waals surface area (Å²) in [5.41, 5.74) is 2.85. The van der Waals surface area contributed by atoms with E-state index in [4.69, 9.17) is 18.9 Å². The van der Waals surface area contributed by atoms with Gasteiger partial charge in [-0.2, -0.15) is 13.0 Å². The number of ether oxygens (including phenoxy) is 4. The highest BCUT2D eigenvalue weighted by Gasteiger charge is 2.30. The van der Waals surface area contributed by atoms with Gasteiger partial charge in [-0.1, -0.05) is 261 Å². The van der Waals surface area contributed by atoms with Gasteiger partial charge in [0, 0.05) is 96.8 Å². The fourth-order valence-corrected chi connectivity index (χ4v) is 25.2. The van der Waals surface area contributed by atoms with Gasteiger partial charge < -0.3 is 44.6 Å². The first-order chi connectivity index (χ1) is 68.2. The molecule has 0 atom stereocenters. The Kier molecular flexibility index (Phi) is 42.1. The van der Waals surface area contributed by atoms with Crippen LogP contribution in [0.5, 0.6) is 23.0 Å². The van der Waals surface area contributed by atoms with Gasteiger partial charge in [0.05, 0.1) is 68.5 Å². The predicted molar refractivity (Wildman–Crippen MR) is 525 cm³/mol. The second-order valence-electron chi connectivity index (χ2n) is 29.0. The van der Waals surface area contributed by atoms with Crippen LogP contribution >= 0.6 is 36.1 Å². The number of para-hydroxylation sites is 1. The van der Waals surface area contributed by atoms with Crippen LogP contribution in [-0.2, 0) is 38.2 Å². The number of ketones is 2. The summed E-state index contributed by atoms with van der Waals surface area (Å²) in [6.07, 6.45) is 0. The molecule has 0 spiro atoms.